The van der Waals surface area contributed by atoms with Gasteiger partial charge in [0.15, 0.2) is 0 Å². The van der Waals surface area contributed by atoms with Crippen molar-refractivity contribution in [2.75, 3.05) is 20.1 Å². The van der Waals surface area contributed by atoms with Gasteiger partial charge in [-0.2, -0.15) is 0 Å². The Kier molecular flexibility index (Phi) is 6.19. The van der Waals surface area contributed by atoms with E-state index in [9.17, 15) is 0 Å². The minimum atomic E-state index is 0.876. The number of nitrogens with one attached hydrogen (secondary N) is 1. The summed E-state index contributed by atoms with van der Waals surface area (Å²) in [5.74, 6) is 0. The summed E-state index contributed by atoms with van der Waals surface area (Å²) in [7, 11) is 1.92. The topological polar surface area (TPSA) is 41.3 Å². The second-order valence-electron chi connectivity index (χ2n) is 2.57. The van der Waals surface area contributed by atoms with Crippen LogP contribution < -0.4 is 11.1 Å². The highest BCUT2D eigenvalue weighted by Gasteiger charge is 1.92. The molecular formula is C9H19N3. The van der Waals surface area contributed by atoms with Crippen LogP contribution in [0.1, 0.15) is 13.3 Å². The van der Waals surface area contributed by atoms with Gasteiger partial charge in [0.1, 0.15) is 0 Å². The van der Waals surface area contributed by atoms with Crippen molar-refractivity contribution in [2.45, 2.75) is 13.3 Å². The average molecular weight is 169 g/mol. The molecule has 0 aromatic heterocycles. The van der Waals surface area contributed by atoms with Gasteiger partial charge >= 0.3 is 0 Å². The summed E-state index contributed by atoms with van der Waals surface area (Å²) in [5, 5.41) is 3.04. The van der Waals surface area contributed by atoms with E-state index in [4.69, 9.17) is 5.73 Å². The lowest BCUT2D eigenvalue weighted by molar-refractivity contribution is 0.529. The highest BCUT2D eigenvalue weighted by atomic mass is 15.1. The monoisotopic (exact) mass is 169 g/mol. The molecule has 0 fully saturated rings. The van der Waals surface area contributed by atoms with Gasteiger partial charge in [-0.3, -0.25) is 0 Å². The smallest absolute Gasteiger partial charge is 0.0258 e. The first-order chi connectivity index (χ1) is 5.74. The summed E-state index contributed by atoms with van der Waals surface area (Å²) in [4.78, 5) is 1.96. The molecule has 0 amide bonds. The van der Waals surface area contributed by atoms with Crippen LogP contribution in [-0.4, -0.2) is 25.0 Å². The van der Waals surface area contributed by atoms with E-state index in [1.165, 1.54) is 0 Å². The Labute approximate surface area is 74.9 Å². The lowest BCUT2D eigenvalue weighted by Crippen LogP contribution is -2.15. The summed E-state index contributed by atoms with van der Waals surface area (Å²) in [5.41, 5.74) is 6.62. The van der Waals surface area contributed by atoms with Crippen LogP contribution in [-0.2, 0) is 0 Å². The van der Waals surface area contributed by atoms with Crippen LogP contribution in [0.4, 0.5) is 0 Å². The predicted molar refractivity (Wildman–Crippen MR) is 53.4 cm³/mol. The van der Waals surface area contributed by atoms with Crippen LogP contribution in [0.15, 0.2) is 24.7 Å². The van der Waals surface area contributed by atoms with Crippen LogP contribution in [0.5, 0.6) is 0 Å². The van der Waals surface area contributed by atoms with Crippen LogP contribution >= 0.6 is 0 Å². The van der Waals surface area contributed by atoms with E-state index in [-0.39, 0.29) is 0 Å². The summed E-state index contributed by atoms with van der Waals surface area (Å²) in [6, 6.07) is 0. The second-order valence-corrected chi connectivity index (χ2v) is 2.57. The Morgan fingerprint density at radius 1 is 1.67 bits per heavy atom. The van der Waals surface area contributed by atoms with E-state index < -0.39 is 0 Å². The molecule has 0 rings (SSSR count). The molecule has 0 unspecified atom stereocenters. The molecule has 0 saturated carbocycles. The lowest BCUT2D eigenvalue weighted by Gasteiger charge is -2.12. The normalized spacial score (nSPS) is 11.3. The molecule has 3 nitrogen and oxygen atoms in total. The van der Waals surface area contributed by atoms with Gasteiger partial charge in [-0.05, 0) is 20.2 Å². The Bertz CT molecular complexity index is 152. The SMILES string of the molecule is C=CN(/C=C(\N)CCNC)CC. The van der Waals surface area contributed by atoms with Gasteiger partial charge in [-0.15, -0.1) is 0 Å². The Morgan fingerprint density at radius 2 is 2.33 bits per heavy atom. The summed E-state index contributed by atoms with van der Waals surface area (Å²) in [6.07, 6.45) is 4.57. The van der Waals surface area contributed by atoms with Gasteiger partial charge in [0.2, 0.25) is 0 Å². The van der Waals surface area contributed by atoms with Gasteiger partial charge in [0, 0.05) is 31.4 Å². The maximum atomic E-state index is 5.74. The minimum Gasteiger partial charge on any atom is -0.401 e. The Morgan fingerprint density at radius 3 is 2.75 bits per heavy atom. The van der Waals surface area contributed by atoms with Crippen molar-refractivity contribution in [2.24, 2.45) is 5.73 Å². The van der Waals surface area contributed by atoms with Gasteiger partial charge in [-0.25, -0.2) is 0 Å². The quantitative estimate of drug-likeness (QED) is 0.619. The van der Waals surface area contributed by atoms with Gasteiger partial charge in [0.05, 0.1) is 0 Å². The van der Waals surface area contributed by atoms with Crippen molar-refractivity contribution in [3.05, 3.63) is 24.7 Å². The number of nitrogens with two attached hydrogens (primary N) is 1. The fraction of sp³-hybridized carbons (Fsp3) is 0.556. The molecule has 0 aliphatic rings. The van der Waals surface area contributed by atoms with E-state index in [1.54, 1.807) is 6.20 Å². The molecule has 0 radical (unpaired) electrons. The predicted octanol–water partition coefficient (Wildman–Crippen LogP) is 0.861. The molecule has 0 saturated heterocycles. The molecule has 0 bridgehead atoms. The third kappa shape index (κ3) is 4.79. The third-order valence-corrected chi connectivity index (χ3v) is 1.59. The van der Waals surface area contributed by atoms with Crippen LogP contribution in [0, 0.1) is 0 Å². The zero-order chi connectivity index (χ0) is 9.40. The van der Waals surface area contributed by atoms with Crippen molar-refractivity contribution in [1.82, 2.24) is 10.2 Å². The fourth-order valence-corrected chi connectivity index (χ4v) is 0.820. The van der Waals surface area contributed by atoms with E-state index in [0.29, 0.717) is 0 Å². The number of hydrogen-bond donors (Lipinski definition) is 2. The van der Waals surface area contributed by atoms with Crippen molar-refractivity contribution in [3.8, 4) is 0 Å². The Balaban J connectivity index is 3.85. The van der Waals surface area contributed by atoms with Crippen molar-refractivity contribution in [3.63, 3.8) is 0 Å². The Hall–Kier alpha value is -0.960. The first-order valence-corrected chi connectivity index (χ1v) is 4.23. The first kappa shape index (κ1) is 11.0. The molecule has 70 valence electrons. The molecule has 3 heteroatoms. The van der Waals surface area contributed by atoms with Crippen LogP contribution in [0.2, 0.25) is 0 Å². The molecule has 12 heavy (non-hydrogen) atoms. The summed E-state index contributed by atoms with van der Waals surface area (Å²) < 4.78 is 0. The van der Waals surface area contributed by atoms with E-state index in [2.05, 4.69) is 18.8 Å². The molecule has 0 heterocycles. The van der Waals surface area contributed by atoms with Gasteiger partial charge in [-0.1, -0.05) is 6.58 Å². The molecular weight excluding hydrogens is 150 g/mol. The molecule has 0 aliphatic heterocycles. The fourth-order valence-electron chi connectivity index (χ4n) is 0.820. The molecule has 0 spiro atoms. The maximum Gasteiger partial charge on any atom is 0.0258 e. The minimum absolute atomic E-state index is 0.876. The van der Waals surface area contributed by atoms with Crippen LogP contribution in [0.25, 0.3) is 0 Å². The largest absolute Gasteiger partial charge is 0.401 e. The van der Waals surface area contributed by atoms with Crippen LogP contribution in [0.3, 0.4) is 0 Å². The maximum absolute atomic E-state index is 5.74. The average Bonchev–Trinajstić information content (AvgIpc) is 2.10. The molecule has 0 aromatic rings. The lowest BCUT2D eigenvalue weighted by atomic mass is 10.3. The zero-order valence-electron chi connectivity index (χ0n) is 8.01. The number of nitrogens with zero attached hydrogens (tertiary/aromatic N) is 1. The third-order valence-electron chi connectivity index (χ3n) is 1.59. The second kappa shape index (κ2) is 6.73. The molecule has 0 aliphatic carbocycles. The zero-order valence-corrected chi connectivity index (χ0v) is 8.01. The molecule has 3 N–H and O–H groups in total. The van der Waals surface area contributed by atoms with Crippen molar-refractivity contribution >= 4 is 0 Å². The number of rotatable bonds is 6. The highest BCUT2D eigenvalue weighted by Crippen LogP contribution is 1.96. The van der Waals surface area contributed by atoms with Gasteiger partial charge < -0.3 is 16.0 Å². The van der Waals surface area contributed by atoms with Crippen molar-refractivity contribution in [1.29, 1.82) is 0 Å². The standard InChI is InChI=1S/C9H19N3/c1-4-12(5-2)8-9(10)6-7-11-3/h4,8,11H,1,5-7,10H2,2-3H3/b9-8-. The van der Waals surface area contributed by atoms with E-state index in [1.807, 2.05) is 18.1 Å². The summed E-state index contributed by atoms with van der Waals surface area (Å²) >= 11 is 0. The summed E-state index contributed by atoms with van der Waals surface area (Å²) in [6.45, 7) is 7.55. The van der Waals surface area contributed by atoms with Crippen molar-refractivity contribution < 1.29 is 0 Å². The van der Waals surface area contributed by atoms with E-state index >= 15 is 0 Å². The molecule has 0 atom stereocenters. The number of hydrogen-bond acceptors (Lipinski definition) is 3. The van der Waals surface area contributed by atoms with Gasteiger partial charge in [0.25, 0.3) is 0 Å². The first-order valence-electron chi connectivity index (χ1n) is 4.23. The van der Waals surface area contributed by atoms with E-state index in [0.717, 1.165) is 25.2 Å². The highest BCUT2D eigenvalue weighted by molar-refractivity contribution is 4.98. The molecule has 0 aromatic carbocycles.